The Balaban J connectivity index is 1.96. The van der Waals surface area contributed by atoms with Crippen molar-refractivity contribution >= 4 is 17.3 Å². The van der Waals surface area contributed by atoms with E-state index in [2.05, 4.69) is 31.0 Å². The summed E-state index contributed by atoms with van der Waals surface area (Å²) in [7, 11) is 0. The summed E-state index contributed by atoms with van der Waals surface area (Å²) in [6, 6.07) is 12.1. The molecule has 0 aliphatic rings. The zero-order chi connectivity index (χ0) is 17.8. The van der Waals surface area contributed by atoms with E-state index in [0.29, 0.717) is 29.9 Å². The quantitative estimate of drug-likeness (QED) is 0.563. The summed E-state index contributed by atoms with van der Waals surface area (Å²) in [6.45, 7) is 6.47. The maximum atomic E-state index is 11.9. The predicted octanol–water partition coefficient (Wildman–Crippen LogP) is 5.30. The molecule has 0 atom stereocenters. The van der Waals surface area contributed by atoms with Crippen LogP contribution in [0.5, 0.6) is 0 Å². The largest absolute Gasteiger partial charge is 0.466 e. The molecule has 25 heavy (non-hydrogen) atoms. The summed E-state index contributed by atoms with van der Waals surface area (Å²) in [6.07, 6.45) is 0.106. The zero-order valence-electron chi connectivity index (χ0n) is 14.6. The molecule has 0 bridgehead atoms. The van der Waals surface area contributed by atoms with E-state index in [1.54, 1.807) is 18.3 Å². The molecule has 0 amide bonds. The number of hydrogen-bond acceptors (Lipinski definition) is 5. The van der Waals surface area contributed by atoms with Gasteiger partial charge in [0, 0.05) is 5.56 Å². The van der Waals surface area contributed by atoms with Crippen LogP contribution >= 0.6 is 11.3 Å². The van der Waals surface area contributed by atoms with Gasteiger partial charge in [0.1, 0.15) is 0 Å². The second-order valence-corrected chi connectivity index (χ2v) is 6.98. The van der Waals surface area contributed by atoms with Crippen molar-refractivity contribution in [2.75, 3.05) is 6.61 Å². The van der Waals surface area contributed by atoms with Crippen molar-refractivity contribution in [1.29, 1.82) is 0 Å². The SMILES string of the molecule is CCOC(=O)Cc1nc(-c2ccc(C(C)C)cc2)oc1-c1cccs1. The summed E-state index contributed by atoms with van der Waals surface area (Å²) in [5.74, 6) is 1.35. The minimum atomic E-state index is -0.296. The third kappa shape index (κ3) is 3.99. The zero-order valence-corrected chi connectivity index (χ0v) is 15.4. The normalized spacial score (nSPS) is 11.0. The highest BCUT2D eigenvalue weighted by atomic mass is 32.1. The number of oxazole rings is 1. The van der Waals surface area contributed by atoms with Gasteiger partial charge in [0.15, 0.2) is 5.76 Å². The van der Waals surface area contributed by atoms with Crippen molar-refractivity contribution in [1.82, 2.24) is 4.98 Å². The Morgan fingerprint density at radius 3 is 2.60 bits per heavy atom. The summed E-state index contributed by atoms with van der Waals surface area (Å²) in [5, 5.41) is 1.98. The van der Waals surface area contributed by atoms with Crippen LogP contribution in [0.2, 0.25) is 0 Å². The molecular weight excluding hydrogens is 334 g/mol. The predicted molar refractivity (Wildman–Crippen MR) is 99.7 cm³/mol. The van der Waals surface area contributed by atoms with Gasteiger partial charge in [-0.1, -0.05) is 32.0 Å². The number of nitrogens with zero attached hydrogens (tertiary/aromatic N) is 1. The van der Waals surface area contributed by atoms with Gasteiger partial charge in [0.05, 0.1) is 23.6 Å². The van der Waals surface area contributed by atoms with E-state index in [1.807, 2.05) is 29.6 Å². The Labute approximate surface area is 151 Å². The molecule has 2 heterocycles. The Kier molecular flexibility index (Phi) is 5.34. The van der Waals surface area contributed by atoms with Gasteiger partial charge in [-0.3, -0.25) is 4.79 Å². The number of hydrogen-bond donors (Lipinski definition) is 0. The molecule has 4 nitrogen and oxygen atoms in total. The maximum Gasteiger partial charge on any atom is 0.312 e. The van der Waals surface area contributed by atoms with Gasteiger partial charge in [0.2, 0.25) is 5.89 Å². The van der Waals surface area contributed by atoms with Gasteiger partial charge in [-0.2, -0.15) is 0 Å². The topological polar surface area (TPSA) is 52.3 Å². The summed E-state index contributed by atoms with van der Waals surface area (Å²) in [4.78, 5) is 17.4. The third-order valence-electron chi connectivity index (χ3n) is 3.88. The molecule has 2 aromatic heterocycles. The molecule has 0 radical (unpaired) electrons. The second-order valence-electron chi connectivity index (χ2n) is 6.03. The minimum absolute atomic E-state index is 0.106. The van der Waals surface area contributed by atoms with Crippen LogP contribution in [-0.2, 0) is 16.0 Å². The Morgan fingerprint density at radius 2 is 2.00 bits per heavy atom. The Morgan fingerprint density at radius 1 is 1.24 bits per heavy atom. The Hall–Kier alpha value is -2.40. The van der Waals surface area contributed by atoms with Crippen molar-refractivity contribution in [3.8, 4) is 22.1 Å². The van der Waals surface area contributed by atoms with E-state index in [1.165, 1.54) is 5.56 Å². The molecule has 130 valence electrons. The number of carbonyl (C=O) groups excluding carboxylic acids is 1. The number of esters is 1. The van der Waals surface area contributed by atoms with Crippen molar-refractivity contribution < 1.29 is 13.9 Å². The number of rotatable bonds is 6. The number of benzene rings is 1. The first-order valence-corrected chi connectivity index (χ1v) is 9.26. The van der Waals surface area contributed by atoms with Crippen molar-refractivity contribution in [2.24, 2.45) is 0 Å². The summed E-state index contributed by atoms with van der Waals surface area (Å²) < 4.78 is 11.1. The first-order chi connectivity index (χ1) is 12.1. The second kappa shape index (κ2) is 7.66. The molecule has 0 fully saturated rings. The van der Waals surface area contributed by atoms with Crippen LogP contribution in [0.4, 0.5) is 0 Å². The van der Waals surface area contributed by atoms with Crippen LogP contribution in [0.1, 0.15) is 37.9 Å². The molecule has 0 spiro atoms. The molecule has 0 N–H and O–H groups in total. The average molecular weight is 355 g/mol. The highest BCUT2D eigenvalue weighted by molar-refractivity contribution is 7.13. The minimum Gasteiger partial charge on any atom is -0.466 e. The summed E-state index contributed by atoms with van der Waals surface area (Å²) in [5.41, 5.74) is 2.78. The molecule has 0 unspecified atom stereocenters. The standard InChI is InChI=1S/C20H21NO3S/c1-4-23-18(22)12-16-19(17-6-5-11-25-17)24-20(21-16)15-9-7-14(8-10-15)13(2)3/h5-11,13H,4,12H2,1-3H3. The van der Waals surface area contributed by atoms with Gasteiger partial charge in [-0.05, 0) is 42.0 Å². The first-order valence-electron chi connectivity index (χ1n) is 8.38. The van der Waals surface area contributed by atoms with Gasteiger partial charge >= 0.3 is 5.97 Å². The van der Waals surface area contributed by atoms with Crippen molar-refractivity contribution in [3.63, 3.8) is 0 Å². The third-order valence-corrected chi connectivity index (χ3v) is 4.75. The Bertz CT molecular complexity index is 832. The van der Waals surface area contributed by atoms with E-state index >= 15 is 0 Å². The molecule has 0 saturated carbocycles. The van der Waals surface area contributed by atoms with E-state index in [9.17, 15) is 4.79 Å². The molecule has 0 aliphatic heterocycles. The van der Waals surface area contributed by atoms with E-state index < -0.39 is 0 Å². The number of aromatic nitrogens is 1. The lowest BCUT2D eigenvalue weighted by molar-refractivity contribution is -0.142. The van der Waals surface area contributed by atoms with Gasteiger partial charge in [0.25, 0.3) is 0 Å². The number of carbonyl (C=O) groups is 1. The molecule has 3 aromatic rings. The summed E-state index contributed by atoms with van der Waals surface area (Å²) >= 11 is 1.56. The lowest BCUT2D eigenvalue weighted by atomic mass is 10.0. The molecule has 3 rings (SSSR count). The molecule has 0 saturated heterocycles. The van der Waals surface area contributed by atoms with Crippen LogP contribution < -0.4 is 0 Å². The average Bonchev–Trinajstić information content (AvgIpc) is 3.24. The first kappa shape index (κ1) is 17.4. The van der Waals surface area contributed by atoms with Crippen LogP contribution in [0.25, 0.3) is 22.1 Å². The highest BCUT2D eigenvalue weighted by Crippen LogP contribution is 2.33. The van der Waals surface area contributed by atoms with Gasteiger partial charge in [-0.25, -0.2) is 4.98 Å². The van der Waals surface area contributed by atoms with E-state index in [0.717, 1.165) is 10.4 Å². The monoisotopic (exact) mass is 355 g/mol. The maximum absolute atomic E-state index is 11.9. The highest BCUT2D eigenvalue weighted by Gasteiger charge is 2.20. The van der Waals surface area contributed by atoms with E-state index in [4.69, 9.17) is 9.15 Å². The van der Waals surface area contributed by atoms with Gasteiger partial charge < -0.3 is 9.15 Å². The number of thiophene rings is 1. The molecule has 5 heteroatoms. The fraction of sp³-hybridized carbons (Fsp3) is 0.300. The fourth-order valence-corrected chi connectivity index (χ4v) is 3.28. The van der Waals surface area contributed by atoms with Crippen molar-refractivity contribution in [2.45, 2.75) is 33.1 Å². The van der Waals surface area contributed by atoms with Crippen LogP contribution in [0.3, 0.4) is 0 Å². The van der Waals surface area contributed by atoms with E-state index in [-0.39, 0.29) is 12.4 Å². The van der Waals surface area contributed by atoms with Crippen LogP contribution in [0, 0.1) is 0 Å². The van der Waals surface area contributed by atoms with Crippen LogP contribution in [-0.4, -0.2) is 17.6 Å². The van der Waals surface area contributed by atoms with Crippen LogP contribution in [0.15, 0.2) is 46.2 Å². The van der Waals surface area contributed by atoms with Crippen molar-refractivity contribution in [3.05, 3.63) is 53.0 Å². The lowest BCUT2D eigenvalue weighted by Crippen LogP contribution is -2.08. The fourth-order valence-electron chi connectivity index (χ4n) is 2.55. The molecular formula is C20H21NO3S. The molecule has 0 aliphatic carbocycles. The lowest BCUT2D eigenvalue weighted by Gasteiger charge is -2.04. The smallest absolute Gasteiger partial charge is 0.312 e. The van der Waals surface area contributed by atoms with Gasteiger partial charge in [-0.15, -0.1) is 11.3 Å². The number of ether oxygens (including phenoxy) is 1. The molecule has 1 aromatic carbocycles.